The highest BCUT2D eigenvalue weighted by atomic mass is 16.3. The van der Waals surface area contributed by atoms with Gasteiger partial charge in [-0.15, -0.1) is 0 Å². The molecule has 2 atom stereocenters. The van der Waals surface area contributed by atoms with Gasteiger partial charge in [-0.25, -0.2) is 0 Å². The van der Waals surface area contributed by atoms with Gasteiger partial charge >= 0.3 is 0 Å². The minimum atomic E-state index is -0.636. The average molecular weight is 519 g/mol. The molecule has 0 aromatic heterocycles. The summed E-state index contributed by atoms with van der Waals surface area (Å²) in [6, 6.07) is 9.52. The zero-order chi connectivity index (χ0) is 26.7. The molecule has 1 aliphatic carbocycles. The summed E-state index contributed by atoms with van der Waals surface area (Å²) in [5.74, 6) is 0.128. The Morgan fingerprint density at radius 3 is 2.58 bits per heavy atom. The van der Waals surface area contributed by atoms with Crippen molar-refractivity contribution in [1.82, 2.24) is 10.2 Å². The van der Waals surface area contributed by atoms with Gasteiger partial charge in [0.25, 0.3) is 0 Å². The number of likely N-dealkylation sites (tertiary alicyclic amines) is 1. The Labute approximate surface area is 228 Å². The van der Waals surface area contributed by atoms with Crippen LogP contribution >= 0.6 is 0 Å². The van der Waals surface area contributed by atoms with Crippen molar-refractivity contribution in [2.75, 3.05) is 25.0 Å². The fourth-order valence-electron chi connectivity index (χ4n) is 7.23. The van der Waals surface area contributed by atoms with E-state index in [0.717, 1.165) is 41.9 Å². The molecule has 2 fully saturated rings. The monoisotopic (exact) mass is 518 g/mol. The highest BCUT2D eigenvalue weighted by Gasteiger charge is 2.34. The first kappa shape index (κ1) is 27.0. The van der Waals surface area contributed by atoms with Gasteiger partial charge in [-0.2, -0.15) is 0 Å². The van der Waals surface area contributed by atoms with Crippen molar-refractivity contribution in [2.45, 2.75) is 96.7 Å². The zero-order valence-corrected chi connectivity index (χ0v) is 23.3. The van der Waals surface area contributed by atoms with Gasteiger partial charge in [-0.3, -0.25) is 9.69 Å². The van der Waals surface area contributed by atoms with Gasteiger partial charge in [0.15, 0.2) is 0 Å². The molecule has 2 aromatic carbocycles. The molecule has 6 heteroatoms. The molecule has 206 valence electrons. The molecule has 2 aromatic rings. The first-order valence-corrected chi connectivity index (χ1v) is 14.8. The summed E-state index contributed by atoms with van der Waals surface area (Å²) in [7, 11) is 0. The minimum Gasteiger partial charge on any atom is -0.508 e. The molecule has 0 unspecified atom stereocenters. The van der Waals surface area contributed by atoms with Crippen LogP contribution in [-0.4, -0.2) is 41.6 Å². The van der Waals surface area contributed by atoms with Crippen molar-refractivity contribution < 1.29 is 9.90 Å². The molecule has 38 heavy (non-hydrogen) atoms. The number of nitrogens with two attached hydrogens (primary N) is 1. The molecule has 1 saturated heterocycles. The summed E-state index contributed by atoms with van der Waals surface area (Å²) in [5, 5.41) is 16.6. The molecular formula is C32H46N4O2. The van der Waals surface area contributed by atoms with E-state index in [9.17, 15) is 9.90 Å². The average Bonchev–Trinajstić information content (AvgIpc) is 3.08. The van der Waals surface area contributed by atoms with Crippen molar-refractivity contribution in [1.29, 1.82) is 0 Å². The summed E-state index contributed by atoms with van der Waals surface area (Å²) in [6.45, 7) is 8.09. The Hall–Kier alpha value is -2.57. The van der Waals surface area contributed by atoms with Crippen LogP contribution in [0.1, 0.15) is 91.6 Å². The van der Waals surface area contributed by atoms with E-state index in [-0.39, 0.29) is 17.7 Å². The third-order valence-corrected chi connectivity index (χ3v) is 9.46. The van der Waals surface area contributed by atoms with Crippen molar-refractivity contribution in [3.63, 3.8) is 0 Å². The second kappa shape index (κ2) is 11.7. The Morgan fingerprint density at radius 2 is 1.82 bits per heavy atom. The fourth-order valence-corrected chi connectivity index (χ4v) is 7.23. The number of aromatic hydroxyl groups is 1. The van der Waals surface area contributed by atoms with E-state index in [1.807, 2.05) is 13.8 Å². The Kier molecular flexibility index (Phi) is 8.29. The molecule has 5 rings (SSSR count). The maximum atomic E-state index is 13.2. The maximum Gasteiger partial charge on any atom is 0.237 e. The smallest absolute Gasteiger partial charge is 0.237 e. The summed E-state index contributed by atoms with van der Waals surface area (Å²) < 4.78 is 0. The molecule has 6 nitrogen and oxygen atoms in total. The number of phenols is 1. The van der Waals surface area contributed by atoms with Gasteiger partial charge in [0.05, 0.1) is 12.1 Å². The third kappa shape index (κ3) is 6.18. The molecule has 1 spiro atoms. The van der Waals surface area contributed by atoms with Crippen LogP contribution in [0.5, 0.6) is 5.75 Å². The number of fused-ring (bicyclic) bond motifs is 1. The van der Waals surface area contributed by atoms with Crippen LogP contribution in [0, 0.1) is 19.3 Å². The summed E-state index contributed by atoms with van der Waals surface area (Å²) in [5.41, 5.74) is 13.6. The van der Waals surface area contributed by atoms with Crippen LogP contribution < -0.4 is 16.4 Å². The number of carbonyl (C=O) groups excluding carboxylic acids is 1. The number of nitrogens with zero attached hydrogens (tertiary/aromatic N) is 1. The van der Waals surface area contributed by atoms with Crippen LogP contribution in [-0.2, 0) is 17.8 Å². The second-order valence-electron chi connectivity index (χ2n) is 12.3. The molecule has 3 aliphatic rings. The van der Waals surface area contributed by atoms with Gasteiger partial charge in [-0.1, -0.05) is 31.4 Å². The third-order valence-electron chi connectivity index (χ3n) is 9.46. The number of hydrogen-bond acceptors (Lipinski definition) is 5. The van der Waals surface area contributed by atoms with Crippen molar-refractivity contribution >= 4 is 11.6 Å². The first-order valence-electron chi connectivity index (χ1n) is 14.8. The summed E-state index contributed by atoms with van der Waals surface area (Å²) >= 11 is 0. The number of amides is 1. The fraction of sp³-hybridized carbons (Fsp3) is 0.594. The van der Waals surface area contributed by atoms with Crippen LogP contribution in [0.15, 0.2) is 30.3 Å². The molecule has 1 amide bonds. The van der Waals surface area contributed by atoms with E-state index < -0.39 is 6.04 Å². The molecule has 2 heterocycles. The van der Waals surface area contributed by atoms with E-state index in [0.29, 0.717) is 11.8 Å². The van der Waals surface area contributed by atoms with Gasteiger partial charge in [-0.05, 0) is 123 Å². The van der Waals surface area contributed by atoms with E-state index in [1.54, 1.807) is 12.1 Å². The predicted octanol–water partition coefficient (Wildman–Crippen LogP) is 5.49. The normalized spacial score (nSPS) is 22.2. The second-order valence-corrected chi connectivity index (χ2v) is 12.3. The predicted molar refractivity (Wildman–Crippen MR) is 154 cm³/mol. The molecular weight excluding hydrogens is 472 g/mol. The number of hydrogen-bond donors (Lipinski definition) is 4. The molecule has 1 saturated carbocycles. The lowest BCUT2D eigenvalue weighted by Gasteiger charge is -2.36. The SMILES string of the molecule is Cc1cc(O)cc(C)c1C[C@H](N)C(=O)N[C@@H]1CCNc2ccc(CN3CCCC4(CCCCC4)CC3)cc21. The van der Waals surface area contributed by atoms with Gasteiger partial charge in [0.1, 0.15) is 5.75 Å². The number of anilines is 1. The van der Waals surface area contributed by atoms with Crippen LogP contribution in [0.4, 0.5) is 5.69 Å². The number of phenolic OH excluding ortho intramolecular Hbond substituents is 1. The van der Waals surface area contributed by atoms with E-state index in [1.165, 1.54) is 75.6 Å². The summed E-state index contributed by atoms with van der Waals surface area (Å²) in [4.78, 5) is 15.8. The topological polar surface area (TPSA) is 90.6 Å². The van der Waals surface area contributed by atoms with Crippen LogP contribution in [0.2, 0.25) is 0 Å². The highest BCUT2D eigenvalue weighted by molar-refractivity contribution is 5.82. The minimum absolute atomic E-state index is 0.0404. The lowest BCUT2D eigenvalue weighted by Crippen LogP contribution is -2.44. The lowest BCUT2D eigenvalue weighted by atomic mass is 9.69. The number of benzene rings is 2. The zero-order valence-electron chi connectivity index (χ0n) is 23.3. The Bertz CT molecular complexity index is 1120. The number of aryl methyl sites for hydroxylation is 2. The van der Waals surface area contributed by atoms with Crippen molar-refractivity contribution in [2.24, 2.45) is 11.1 Å². The maximum absolute atomic E-state index is 13.2. The van der Waals surface area contributed by atoms with E-state index in [4.69, 9.17) is 5.73 Å². The van der Waals surface area contributed by atoms with Gasteiger partial charge < -0.3 is 21.5 Å². The highest BCUT2D eigenvalue weighted by Crippen LogP contribution is 2.44. The van der Waals surface area contributed by atoms with E-state index in [2.05, 4.69) is 33.7 Å². The van der Waals surface area contributed by atoms with Gasteiger partial charge in [0, 0.05) is 18.8 Å². The molecule has 2 aliphatic heterocycles. The van der Waals surface area contributed by atoms with E-state index >= 15 is 0 Å². The quantitative estimate of drug-likeness (QED) is 0.406. The van der Waals surface area contributed by atoms with Crippen LogP contribution in [0.25, 0.3) is 0 Å². The Balaban J connectivity index is 1.23. The first-order chi connectivity index (χ1) is 18.3. The lowest BCUT2D eigenvalue weighted by molar-refractivity contribution is -0.123. The number of nitrogens with one attached hydrogen (secondary N) is 2. The largest absolute Gasteiger partial charge is 0.508 e. The summed E-state index contributed by atoms with van der Waals surface area (Å²) in [6.07, 6.45) is 12.5. The number of carbonyl (C=O) groups is 1. The van der Waals surface area contributed by atoms with Crippen molar-refractivity contribution in [3.8, 4) is 5.75 Å². The standard InChI is InChI=1S/C32H46N4O2/c1-22-17-25(37)18-23(2)26(22)20-28(33)31(38)35-30-9-14-34-29-8-7-24(19-27(29)30)21-36-15-6-12-32(13-16-36)10-4-3-5-11-32/h7-8,17-19,28,30,34,37H,3-6,9-16,20-21,33H2,1-2H3,(H,35,38)/t28-,30+/m0/s1. The molecule has 0 bridgehead atoms. The number of rotatable bonds is 6. The molecule has 5 N–H and O–H groups in total. The Morgan fingerprint density at radius 1 is 1.08 bits per heavy atom. The van der Waals surface area contributed by atoms with Crippen LogP contribution in [0.3, 0.4) is 0 Å². The van der Waals surface area contributed by atoms with Crippen molar-refractivity contribution in [3.05, 3.63) is 58.1 Å². The molecule has 0 radical (unpaired) electrons. The van der Waals surface area contributed by atoms with Gasteiger partial charge in [0.2, 0.25) is 5.91 Å².